The highest BCUT2D eigenvalue weighted by Crippen LogP contribution is 2.42. The summed E-state index contributed by atoms with van der Waals surface area (Å²) in [6.45, 7) is 10.8. The molecule has 1 aliphatic heterocycles. The first-order valence-electron chi connectivity index (χ1n) is 5.58. The molecule has 1 aliphatic rings. The number of fused-ring (bicyclic) bond motifs is 1. The van der Waals surface area contributed by atoms with Crippen LogP contribution in [0.3, 0.4) is 0 Å². The van der Waals surface area contributed by atoms with Crippen LogP contribution in [0.5, 0.6) is 0 Å². The Labute approximate surface area is 92.4 Å². The Morgan fingerprint density at radius 3 is 2.60 bits per heavy atom. The summed E-state index contributed by atoms with van der Waals surface area (Å²) in [4.78, 5) is 2.20. The van der Waals surface area contributed by atoms with Crippen LogP contribution >= 0.6 is 0 Å². The molecule has 1 atom stereocenters. The van der Waals surface area contributed by atoms with Crippen molar-refractivity contribution in [2.24, 2.45) is 0 Å². The van der Waals surface area contributed by atoms with Crippen molar-refractivity contribution in [1.82, 2.24) is 0 Å². The molecule has 80 valence electrons. The SMILES string of the molecule is C=C1C(C)c2cc(C(C)C)ccc2N1C. The molecular formula is C14H19N. The Kier molecular flexibility index (Phi) is 2.34. The number of allylic oxidation sites excluding steroid dienone is 1. The van der Waals surface area contributed by atoms with Gasteiger partial charge in [0.1, 0.15) is 0 Å². The van der Waals surface area contributed by atoms with Crippen molar-refractivity contribution in [3.63, 3.8) is 0 Å². The van der Waals surface area contributed by atoms with Crippen molar-refractivity contribution in [2.75, 3.05) is 11.9 Å². The smallest absolute Gasteiger partial charge is 0.0445 e. The number of benzene rings is 1. The zero-order chi connectivity index (χ0) is 11.2. The molecule has 1 heteroatoms. The standard InChI is InChI=1S/C14H19N/c1-9(2)12-6-7-14-13(8-12)10(3)11(4)15(14)5/h6-10H,4H2,1-3,5H3. The average molecular weight is 201 g/mol. The van der Waals surface area contributed by atoms with Crippen molar-refractivity contribution >= 4 is 5.69 Å². The predicted molar refractivity (Wildman–Crippen MR) is 66.5 cm³/mol. The maximum atomic E-state index is 4.13. The van der Waals surface area contributed by atoms with E-state index in [1.54, 1.807) is 0 Å². The summed E-state index contributed by atoms with van der Waals surface area (Å²) in [5.74, 6) is 1.06. The van der Waals surface area contributed by atoms with Gasteiger partial charge >= 0.3 is 0 Å². The fraction of sp³-hybridized carbons (Fsp3) is 0.429. The van der Waals surface area contributed by atoms with Crippen molar-refractivity contribution in [1.29, 1.82) is 0 Å². The fourth-order valence-corrected chi connectivity index (χ4v) is 2.21. The molecule has 0 bridgehead atoms. The maximum absolute atomic E-state index is 4.13. The van der Waals surface area contributed by atoms with Crippen molar-refractivity contribution in [3.8, 4) is 0 Å². The van der Waals surface area contributed by atoms with Crippen LogP contribution in [0.2, 0.25) is 0 Å². The summed E-state index contributed by atoms with van der Waals surface area (Å²) in [5.41, 5.74) is 5.36. The number of anilines is 1. The summed E-state index contributed by atoms with van der Waals surface area (Å²) in [5, 5.41) is 0. The normalized spacial score (nSPS) is 19.9. The van der Waals surface area contributed by atoms with Gasteiger partial charge in [-0.05, 0) is 23.1 Å². The molecule has 0 N–H and O–H groups in total. The fourth-order valence-electron chi connectivity index (χ4n) is 2.21. The lowest BCUT2D eigenvalue weighted by atomic mass is 9.95. The van der Waals surface area contributed by atoms with E-state index in [0.29, 0.717) is 11.8 Å². The zero-order valence-electron chi connectivity index (χ0n) is 10.0. The summed E-state index contributed by atoms with van der Waals surface area (Å²) in [7, 11) is 2.10. The Balaban J connectivity index is 2.51. The Bertz CT molecular complexity index is 404. The van der Waals surface area contributed by atoms with E-state index >= 15 is 0 Å². The molecule has 15 heavy (non-hydrogen) atoms. The van der Waals surface area contributed by atoms with Crippen LogP contribution in [0.1, 0.15) is 43.7 Å². The highest BCUT2D eigenvalue weighted by molar-refractivity contribution is 5.67. The first-order chi connectivity index (χ1) is 7.02. The summed E-state index contributed by atoms with van der Waals surface area (Å²) >= 11 is 0. The minimum atomic E-state index is 0.462. The first-order valence-corrected chi connectivity index (χ1v) is 5.58. The molecule has 1 aromatic rings. The van der Waals surface area contributed by atoms with Gasteiger partial charge in [0.15, 0.2) is 0 Å². The molecule has 2 rings (SSSR count). The molecule has 1 aromatic carbocycles. The second-order valence-electron chi connectivity index (χ2n) is 4.74. The largest absolute Gasteiger partial charge is 0.348 e. The van der Waals surface area contributed by atoms with Crippen molar-refractivity contribution in [2.45, 2.75) is 32.6 Å². The molecule has 0 saturated carbocycles. The Hall–Kier alpha value is -1.24. The van der Waals surface area contributed by atoms with Gasteiger partial charge < -0.3 is 4.90 Å². The summed E-state index contributed by atoms with van der Waals surface area (Å²) in [6, 6.07) is 6.78. The van der Waals surface area contributed by atoms with Gasteiger partial charge in [-0.2, -0.15) is 0 Å². The molecule has 0 aromatic heterocycles. The van der Waals surface area contributed by atoms with E-state index in [4.69, 9.17) is 0 Å². The number of likely N-dealkylation sites (N-methyl/N-ethyl adjacent to an activating group) is 1. The molecule has 0 radical (unpaired) electrons. The van der Waals surface area contributed by atoms with Gasteiger partial charge in [-0.3, -0.25) is 0 Å². The van der Waals surface area contributed by atoms with Crippen molar-refractivity contribution < 1.29 is 0 Å². The van der Waals surface area contributed by atoms with Crippen LogP contribution in [0, 0.1) is 0 Å². The van der Waals surface area contributed by atoms with Crippen LogP contribution in [0.25, 0.3) is 0 Å². The van der Waals surface area contributed by atoms with Gasteiger partial charge in [0.25, 0.3) is 0 Å². The summed E-state index contributed by atoms with van der Waals surface area (Å²) < 4.78 is 0. The van der Waals surface area contributed by atoms with Crippen LogP contribution in [0.15, 0.2) is 30.5 Å². The number of nitrogens with zero attached hydrogens (tertiary/aromatic N) is 1. The van der Waals surface area contributed by atoms with Gasteiger partial charge in [0.05, 0.1) is 0 Å². The third kappa shape index (κ3) is 1.46. The quantitative estimate of drug-likeness (QED) is 0.666. The van der Waals surface area contributed by atoms with Crippen LogP contribution in [0.4, 0.5) is 5.69 Å². The molecule has 0 amide bonds. The maximum Gasteiger partial charge on any atom is 0.0445 e. The minimum Gasteiger partial charge on any atom is -0.348 e. The van der Waals surface area contributed by atoms with Crippen LogP contribution < -0.4 is 4.90 Å². The van der Waals surface area contributed by atoms with E-state index in [2.05, 4.69) is 57.5 Å². The third-order valence-electron chi connectivity index (χ3n) is 3.48. The van der Waals surface area contributed by atoms with E-state index in [-0.39, 0.29) is 0 Å². The van der Waals surface area contributed by atoms with E-state index in [1.807, 2.05) is 0 Å². The van der Waals surface area contributed by atoms with Gasteiger partial charge in [0, 0.05) is 24.4 Å². The van der Waals surface area contributed by atoms with Gasteiger partial charge in [-0.1, -0.05) is 39.5 Å². The highest BCUT2D eigenvalue weighted by atomic mass is 15.1. The molecule has 1 heterocycles. The average Bonchev–Trinajstić information content (AvgIpc) is 2.44. The second-order valence-corrected chi connectivity index (χ2v) is 4.74. The van der Waals surface area contributed by atoms with E-state index in [9.17, 15) is 0 Å². The minimum absolute atomic E-state index is 0.462. The lowest BCUT2D eigenvalue weighted by Crippen LogP contribution is -2.10. The van der Waals surface area contributed by atoms with E-state index < -0.39 is 0 Å². The topological polar surface area (TPSA) is 3.24 Å². The molecule has 0 saturated heterocycles. The van der Waals surface area contributed by atoms with E-state index in [1.165, 1.54) is 22.5 Å². The number of hydrogen-bond donors (Lipinski definition) is 0. The Morgan fingerprint density at radius 1 is 1.33 bits per heavy atom. The molecule has 1 unspecified atom stereocenters. The van der Waals surface area contributed by atoms with Gasteiger partial charge in [-0.25, -0.2) is 0 Å². The lowest BCUT2D eigenvalue weighted by molar-refractivity contribution is 0.857. The second kappa shape index (κ2) is 3.41. The zero-order valence-corrected chi connectivity index (χ0v) is 10.0. The van der Waals surface area contributed by atoms with Crippen LogP contribution in [-0.2, 0) is 0 Å². The number of rotatable bonds is 1. The van der Waals surface area contributed by atoms with Crippen LogP contribution in [-0.4, -0.2) is 7.05 Å². The molecular weight excluding hydrogens is 182 g/mol. The third-order valence-corrected chi connectivity index (χ3v) is 3.48. The monoisotopic (exact) mass is 201 g/mol. The first kappa shape index (κ1) is 10.3. The van der Waals surface area contributed by atoms with E-state index in [0.717, 1.165) is 0 Å². The number of hydrogen-bond acceptors (Lipinski definition) is 1. The van der Waals surface area contributed by atoms with Gasteiger partial charge in [0.2, 0.25) is 0 Å². The summed E-state index contributed by atoms with van der Waals surface area (Å²) in [6.07, 6.45) is 0. The Morgan fingerprint density at radius 2 is 2.00 bits per heavy atom. The highest BCUT2D eigenvalue weighted by Gasteiger charge is 2.26. The molecule has 0 spiro atoms. The predicted octanol–water partition coefficient (Wildman–Crippen LogP) is 3.88. The lowest BCUT2D eigenvalue weighted by Gasteiger charge is -2.14. The molecule has 1 nitrogen and oxygen atoms in total. The molecule has 0 fully saturated rings. The van der Waals surface area contributed by atoms with Crippen molar-refractivity contribution in [3.05, 3.63) is 41.6 Å². The van der Waals surface area contributed by atoms with Gasteiger partial charge in [-0.15, -0.1) is 0 Å². The molecule has 0 aliphatic carbocycles.